The minimum atomic E-state index is -0.324. The molecule has 1 fully saturated rings. The first-order chi connectivity index (χ1) is 13.1. The molecule has 0 saturated carbocycles. The second-order valence-electron chi connectivity index (χ2n) is 6.19. The lowest BCUT2D eigenvalue weighted by Gasteiger charge is -2.14. The second kappa shape index (κ2) is 9.51. The fraction of sp³-hybridized carbons (Fsp3) is 0.412. The van der Waals surface area contributed by atoms with Gasteiger partial charge < -0.3 is 15.4 Å². The van der Waals surface area contributed by atoms with E-state index in [0.717, 1.165) is 17.9 Å². The summed E-state index contributed by atoms with van der Waals surface area (Å²) in [6.45, 7) is 3.54. The van der Waals surface area contributed by atoms with E-state index in [2.05, 4.69) is 38.6 Å². The van der Waals surface area contributed by atoms with Crippen LogP contribution < -0.4 is 21.5 Å². The number of carbonyl (C=O) groups excluding carboxylic acids is 2. The van der Waals surface area contributed by atoms with Crippen molar-refractivity contribution in [3.05, 3.63) is 40.3 Å². The molecule has 2 heterocycles. The maximum Gasteiger partial charge on any atom is 0.286 e. The van der Waals surface area contributed by atoms with Gasteiger partial charge in [-0.05, 0) is 19.1 Å². The van der Waals surface area contributed by atoms with E-state index in [9.17, 15) is 9.59 Å². The van der Waals surface area contributed by atoms with Crippen LogP contribution in [0.1, 0.15) is 21.7 Å². The Morgan fingerprint density at radius 1 is 1.30 bits per heavy atom. The summed E-state index contributed by atoms with van der Waals surface area (Å²) in [5.41, 5.74) is 6.85. The lowest BCUT2D eigenvalue weighted by Crippen LogP contribution is -2.36. The summed E-state index contributed by atoms with van der Waals surface area (Å²) in [6, 6.07) is 9.43. The van der Waals surface area contributed by atoms with Crippen LogP contribution in [-0.2, 0) is 16.1 Å². The summed E-state index contributed by atoms with van der Waals surface area (Å²) < 4.78 is 5.37. The first kappa shape index (κ1) is 19.4. The molecule has 2 aromatic rings. The maximum absolute atomic E-state index is 12.1. The fourth-order valence-electron chi connectivity index (χ4n) is 2.53. The topological polar surface area (TPSA) is 117 Å². The zero-order valence-electron chi connectivity index (χ0n) is 14.9. The van der Waals surface area contributed by atoms with Gasteiger partial charge in [0.15, 0.2) is 0 Å². The van der Waals surface area contributed by atoms with Crippen LogP contribution in [0.3, 0.4) is 0 Å². The quantitative estimate of drug-likeness (QED) is 0.520. The van der Waals surface area contributed by atoms with Gasteiger partial charge in [0.2, 0.25) is 10.9 Å². The number of hydrazine groups is 1. The molecule has 9 nitrogen and oxygen atoms in total. The van der Waals surface area contributed by atoms with Crippen LogP contribution in [0.5, 0.6) is 0 Å². The smallest absolute Gasteiger partial charge is 0.286 e. The Labute approximate surface area is 160 Å². The van der Waals surface area contributed by atoms with Crippen LogP contribution in [0, 0.1) is 5.92 Å². The summed E-state index contributed by atoms with van der Waals surface area (Å²) in [6.07, 6.45) is 0. The molecule has 4 N–H and O–H groups in total. The predicted molar refractivity (Wildman–Crippen MR) is 101 cm³/mol. The van der Waals surface area contributed by atoms with E-state index >= 15 is 0 Å². The number of carbonyl (C=O) groups is 2. The van der Waals surface area contributed by atoms with E-state index in [1.165, 1.54) is 0 Å². The molecule has 2 atom stereocenters. The summed E-state index contributed by atoms with van der Waals surface area (Å²) in [5.74, 6) is -0.154. The zero-order chi connectivity index (χ0) is 19.1. The van der Waals surface area contributed by atoms with Gasteiger partial charge in [-0.25, -0.2) is 0 Å². The number of ether oxygens (including phenoxy) is 1. The number of hydrogen-bond donors (Lipinski definition) is 4. The lowest BCUT2D eigenvalue weighted by atomic mass is 10.0. The summed E-state index contributed by atoms with van der Waals surface area (Å²) in [4.78, 5) is 24.0. The van der Waals surface area contributed by atoms with Crippen LogP contribution >= 0.6 is 11.3 Å². The molecule has 10 heteroatoms. The van der Waals surface area contributed by atoms with Gasteiger partial charge in [0.05, 0.1) is 0 Å². The van der Waals surface area contributed by atoms with Crippen LogP contribution in [0.4, 0.5) is 5.69 Å². The van der Waals surface area contributed by atoms with Crippen LogP contribution in [0.15, 0.2) is 30.3 Å². The third kappa shape index (κ3) is 5.79. The predicted octanol–water partition coefficient (Wildman–Crippen LogP) is 0.536. The standard InChI is InChI=1S/C17H22N6O3S/c1-11-12(8-19-21-11)7-18-14(24)9-26-10-15-22-23-17(27-15)16(25)20-13-5-3-2-4-6-13/h2-6,11-12,19,21H,7-10H2,1H3,(H,18,24)(H,20,25). The summed E-state index contributed by atoms with van der Waals surface area (Å²) in [5, 5.41) is 14.2. The molecular formula is C17H22N6O3S. The van der Waals surface area contributed by atoms with Gasteiger partial charge in [-0.15, -0.1) is 10.2 Å². The molecule has 27 heavy (non-hydrogen) atoms. The van der Waals surface area contributed by atoms with Crippen molar-refractivity contribution in [2.75, 3.05) is 25.0 Å². The van der Waals surface area contributed by atoms with Gasteiger partial charge in [0, 0.05) is 30.7 Å². The van der Waals surface area contributed by atoms with E-state index in [-0.39, 0.29) is 30.0 Å². The van der Waals surface area contributed by atoms with Crippen molar-refractivity contribution in [2.45, 2.75) is 19.6 Å². The monoisotopic (exact) mass is 390 g/mol. The van der Waals surface area contributed by atoms with E-state index in [1.807, 2.05) is 18.2 Å². The van der Waals surface area contributed by atoms with Crippen LogP contribution in [0.2, 0.25) is 0 Å². The Bertz CT molecular complexity index is 769. The van der Waals surface area contributed by atoms with Crippen molar-refractivity contribution in [3.63, 3.8) is 0 Å². The molecule has 1 aliphatic heterocycles. The number of anilines is 1. The number of aromatic nitrogens is 2. The molecule has 0 radical (unpaired) electrons. The van der Waals surface area contributed by atoms with E-state index in [0.29, 0.717) is 29.2 Å². The number of benzene rings is 1. The van der Waals surface area contributed by atoms with Gasteiger partial charge >= 0.3 is 0 Å². The molecule has 0 spiro atoms. The molecule has 144 valence electrons. The highest BCUT2D eigenvalue weighted by atomic mass is 32.1. The second-order valence-corrected chi connectivity index (χ2v) is 7.25. The average molecular weight is 390 g/mol. The molecule has 1 aromatic carbocycles. The normalized spacial score (nSPS) is 19.0. The number of para-hydroxylation sites is 1. The SMILES string of the molecule is CC1NNCC1CNC(=O)COCc1nnc(C(=O)Nc2ccccc2)s1. The summed E-state index contributed by atoms with van der Waals surface area (Å²) in [7, 11) is 0. The largest absolute Gasteiger partial charge is 0.364 e. The van der Waals surface area contributed by atoms with Crippen LogP contribution in [0.25, 0.3) is 0 Å². The Morgan fingerprint density at radius 2 is 2.11 bits per heavy atom. The fourth-order valence-corrected chi connectivity index (χ4v) is 3.20. The highest BCUT2D eigenvalue weighted by Crippen LogP contribution is 2.14. The van der Waals surface area contributed by atoms with Crippen molar-refractivity contribution in [2.24, 2.45) is 5.92 Å². The average Bonchev–Trinajstić information content (AvgIpc) is 3.30. The van der Waals surface area contributed by atoms with Crippen LogP contribution in [-0.4, -0.2) is 47.7 Å². The zero-order valence-corrected chi connectivity index (χ0v) is 15.7. The highest BCUT2D eigenvalue weighted by molar-refractivity contribution is 7.13. The third-order valence-corrected chi connectivity index (χ3v) is 5.01. The Balaban J connectivity index is 1.37. The number of amides is 2. The number of hydrogen-bond acceptors (Lipinski definition) is 8. The number of nitrogens with one attached hydrogen (secondary N) is 4. The molecule has 1 aliphatic rings. The number of nitrogens with zero attached hydrogens (tertiary/aromatic N) is 2. The van der Waals surface area contributed by atoms with Gasteiger partial charge in [0.1, 0.15) is 18.2 Å². The highest BCUT2D eigenvalue weighted by Gasteiger charge is 2.22. The Morgan fingerprint density at radius 3 is 2.85 bits per heavy atom. The van der Waals surface area contributed by atoms with Crippen molar-refractivity contribution in [1.29, 1.82) is 0 Å². The maximum atomic E-state index is 12.1. The molecule has 2 amide bonds. The van der Waals surface area contributed by atoms with E-state index < -0.39 is 0 Å². The Hall–Kier alpha value is -2.40. The van der Waals surface area contributed by atoms with Gasteiger partial charge in [0.25, 0.3) is 5.91 Å². The molecule has 3 rings (SSSR count). The van der Waals surface area contributed by atoms with Gasteiger partial charge in [-0.1, -0.05) is 29.5 Å². The van der Waals surface area contributed by atoms with E-state index in [1.54, 1.807) is 12.1 Å². The molecule has 2 unspecified atom stereocenters. The number of rotatable bonds is 8. The minimum absolute atomic E-state index is 0.0624. The molecule has 0 bridgehead atoms. The molecule has 1 saturated heterocycles. The van der Waals surface area contributed by atoms with Crippen molar-refractivity contribution in [3.8, 4) is 0 Å². The molecule has 1 aromatic heterocycles. The molecule has 0 aliphatic carbocycles. The van der Waals surface area contributed by atoms with E-state index in [4.69, 9.17) is 4.74 Å². The third-order valence-electron chi connectivity index (χ3n) is 4.11. The van der Waals surface area contributed by atoms with Crippen molar-refractivity contribution >= 4 is 28.8 Å². The van der Waals surface area contributed by atoms with Gasteiger partial charge in [-0.2, -0.15) is 0 Å². The molecular weight excluding hydrogens is 368 g/mol. The first-order valence-corrected chi connectivity index (χ1v) is 9.45. The summed E-state index contributed by atoms with van der Waals surface area (Å²) >= 11 is 1.14. The van der Waals surface area contributed by atoms with Crippen molar-refractivity contribution in [1.82, 2.24) is 26.4 Å². The lowest BCUT2D eigenvalue weighted by molar-refractivity contribution is -0.126. The Kier molecular flexibility index (Phi) is 6.82. The first-order valence-electron chi connectivity index (χ1n) is 8.63. The minimum Gasteiger partial charge on any atom is -0.364 e. The van der Waals surface area contributed by atoms with Crippen molar-refractivity contribution < 1.29 is 14.3 Å². The van der Waals surface area contributed by atoms with Gasteiger partial charge in [-0.3, -0.25) is 20.4 Å².